The molecule has 0 radical (unpaired) electrons. The van der Waals surface area contributed by atoms with E-state index in [4.69, 9.17) is 16.0 Å². The average molecular weight is 499 g/mol. The molecule has 1 fully saturated rings. The van der Waals surface area contributed by atoms with E-state index in [9.17, 15) is 4.79 Å². The molecule has 2 aromatic carbocycles. The summed E-state index contributed by atoms with van der Waals surface area (Å²) in [6.45, 7) is 3.41. The highest BCUT2D eigenvalue weighted by atomic mass is 35.5. The van der Waals surface area contributed by atoms with Crippen LogP contribution in [0.3, 0.4) is 0 Å². The van der Waals surface area contributed by atoms with E-state index in [1.165, 1.54) is 5.56 Å². The molecule has 0 amide bonds. The summed E-state index contributed by atoms with van der Waals surface area (Å²) in [6, 6.07) is 20.0. The van der Waals surface area contributed by atoms with E-state index in [2.05, 4.69) is 27.3 Å². The summed E-state index contributed by atoms with van der Waals surface area (Å²) in [5.74, 6) is 0. The molecular weight excluding hydrogens is 472 g/mol. The van der Waals surface area contributed by atoms with Crippen LogP contribution in [0.5, 0.6) is 0 Å². The van der Waals surface area contributed by atoms with Gasteiger partial charge in [0.25, 0.3) is 5.56 Å². The van der Waals surface area contributed by atoms with Crippen molar-refractivity contribution in [3.8, 4) is 0 Å². The van der Waals surface area contributed by atoms with Gasteiger partial charge < -0.3 is 14.3 Å². The summed E-state index contributed by atoms with van der Waals surface area (Å²) in [7, 11) is 0. The number of halogens is 1. The highest BCUT2D eigenvalue weighted by Crippen LogP contribution is 2.28. The molecule has 7 heteroatoms. The number of nitrogens with zero attached hydrogens (tertiary/aromatic N) is 3. The van der Waals surface area contributed by atoms with Crippen LogP contribution in [0.4, 0.5) is 5.69 Å². The van der Waals surface area contributed by atoms with Crippen molar-refractivity contribution in [1.29, 1.82) is 0 Å². The lowest BCUT2D eigenvalue weighted by Gasteiger charge is -2.33. The van der Waals surface area contributed by atoms with Gasteiger partial charge in [-0.25, -0.2) is 0 Å². The fraction of sp³-hybridized carbons (Fsp3) is 0.241. The third-order valence-corrected chi connectivity index (χ3v) is 7.27. The van der Waals surface area contributed by atoms with Gasteiger partial charge >= 0.3 is 0 Å². The summed E-state index contributed by atoms with van der Waals surface area (Å²) >= 11 is 6.37. The number of hydrogen-bond acceptors (Lipinski definition) is 5. The maximum Gasteiger partial charge on any atom is 0.253 e. The Bertz CT molecular complexity index is 1570. The molecule has 0 saturated carbocycles. The van der Waals surface area contributed by atoms with Crippen molar-refractivity contribution >= 4 is 39.2 Å². The summed E-state index contributed by atoms with van der Waals surface area (Å²) in [5, 5.41) is 6.43. The van der Waals surface area contributed by atoms with Gasteiger partial charge in [0.05, 0.1) is 18.3 Å². The highest BCUT2D eigenvalue weighted by Gasteiger charge is 2.21. The summed E-state index contributed by atoms with van der Waals surface area (Å²) in [4.78, 5) is 19.7. The first-order valence-electron chi connectivity index (χ1n) is 12.3. The van der Waals surface area contributed by atoms with Crippen LogP contribution in [-0.2, 0) is 13.1 Å². The normalized spacial score (nSPS) is 15.0. The van der Waals surface area contributed by atoms with E-state index in [1.54, 1.807) is 29.3 Å². The molecule has 182 valence electrons. The second-order valence-corrected chi connectivity index (χ2v) is 9.92. The standard InChI is InChI=1S/C29H27ClN4O2/c30-23-2-3-27-25(16-23)26(17-29(35)34(27)19-20-5-10-31-11-6-20)32-24-7-12-33(13-8-24)18-21-1-4-28-22(15-21)9-14-36-28/h1-6,9-11,14-17,24,32H,7-8,12-13,18-19H2. The first-order valence-corrected chi connectivity index (χ1v) is 12.7. The predicted octanol–water partition coefficient (Wildman–Crippen LogP) is 5.92. The minimum Gasteiger partial charge on any atom is -0.464 e. The van der Waals surface area contributed by atoms with Crippen LogP contribution in [0.2, 0.25) is 5.02 Å². The first-order chi connectivity index (χ1) is 17.6. The third-order valence-electron chi connectivity index (χ3n) is 7.03. The molecule has 6 rings (SSSR count). The molecule has 0 unspecified atom stereocenters. The monoisotopic (exact) mass is 498 g/mol. The van der Waals surface area contributed by atoms with E-state index < -0.39 is 0 Å². The maximum absolute atomic E-state index is 13.2. The SMILES string of the molecule is O=c1cc(NC2CCN(Cc3ccc4occc4c3)CC2)c2cc(Cl)ccc2n1Cc1ccncc1. The zero-order valence-electron chi connectivity index (χ0n) is 19.9. The molecule has 3 aromatic heterocycles. The first kappa shape index (κ1) is 22.8. The number of piperidine rings is 1. The molecule has 5 aromatic rings. The minimum absolute atomic E-state index is 0.0313. The van der Waals surface area contributed by atoms with Gasteiger partial charge in [0.1, 0.15) is 5.58 Å². The number of pyridine rings is 2. The van der Waals surface area contributed by atoms with Crippen molar-refractivity contribution in [1.82, 2.24) is 14.5 Å². The Hall–Kier alpha value is -3.61. The van der Waals surface area contributed by atoms with Gasteiger partial charge in [-0.2, -0.15) is 0 Å². The van der Waals surface area contributed by atoms with E-state index in [0.717, 1.165) is 65.6 Å². The van der Waals surface area contributed by atoms with Crippen molar-refractivity contribution in [2.75, 3.05) is 18.4 Å². The van der Waals surface area contributed by atoms with Crippen molar-refractivity contribution in [3.05, 3.63) is 106 Å². The van der Waals surface area contributed by atoms with Gasteiger partial charge in [-0.1, -0.05) is 17.7 Å². The summed E-state index contributed by atoms with van der Waals surface area (Å²) in [6.07, 6.45) is 7.25. The molecule has 1 saturated heterocycles. The van der Waals surface area contributed by atoms with Gasteiger partial charge in [0.15, 0.2) is 0 Å². The second-order valence-electron chi connectivity index (χ2n) is 9.49. The fourth-order valence-corrected chi connectivity index (χ4v) is 5.31. The van der Waals surface area contributed by atoms with Crippen LogP contribution in [0.25, 0.3) is 21.9 Å². The zero-order valence-corrected chi connectivity index (χ0v) is 20.6. The van der Waals surface area contributed by atoms with Crippen LogP contribution >= 0.6 is 11.6 Å². The highest BCUT2D eigenvalue weighted by molar-refractivity contribution is 6.31. The Labute approximate surface area is 214 Å². The van der Waals surface area contributed by atoms with Crippen LogP contribution in [0, 0.1) is 0 Å². The second kappa shape index (κ2) is 9.80. The van der Waals surface area contributed by atoms with Gasteiger partial charge in [-0.05, 0) is 72.5 Å². The lowest BCUT2D eigenvalue weighted by atomic mass is 10.0. The number of likely N-dealkylation sites (tertiary alicyclic amines) is 1. The summed E-state index contributed by atoms with van der Waals surface area (Å²) in [5.41, 5.74) is 4.95. The number of fused-ring (bicyclic) bond motifs is 2. The molecule has 6 nitrogen and oxygen atoms in total. The number of furan rings is 1. The Kier molecular flexibility index (Phi) is 6.21. The van der Waals surface area contributed by atoms with E-state index in [-0.39, 0.29) is 5.56 Å². The largest absolute Gasteiger partial charge is 0.464 e. The van der Waals surface area contributed by atoms with E-state index in [0.29, 0.717) is 17.6 Å². The van der Waals surface area contributed by atoms with Crippen molar-refractivity contribution < 1.29 is 4.42 Å². The molecule has 0 bridgehead atoms. The molecule has 0 atom stereocenters. The molecule has 0 spiro atoms. The zero-order chi connectivity index (χ0) is 24.5. The molecular formula is C29H27ClN4O2. The van der Waals surface area contributed by atoms with Gasteiger partial charge in [-0.3, -0.25) is 14.7 Å². The van der Waals surface area contributed by atoms with Crippen LogP contribution < -0.4 is 10.9 Å². The number of rotatable bonds is 6. The van der Waals surface area contributed by atoms with Crippen LogP contribution in [0.1, 0.15) is 24.0 Å². The maximum atomic E-state index is 13.2. The average Bonchev–Trinajstić information content (AvgIpc) is 3.36. The number of aromatic nitrogens is 2. The van der Waals surface area contributed by atoms with Crippen LogP contribution in [0.15, 0.2) is 88.5 Å². The fourth-order valence-electron chi connectivity index (χ4n) is 5.14. The lowest BCUT2D eigenvalue weighted by molar-refractivity contribution is 0.211. The number of nitrogens with one attached hydrogen (secondary N) is 1. The van der Waals surface area contributed by atoms with Crippen molar-refractivity contribution in [2.45, 2.75) is 32.0 Å². The Morgan fingerprint density at radius 1 is 0.944 bits per heavy atom. The molecule has 4 heterocycles. The Balaban J connectivity index is 1.18. The topological polar surface area (TPSA) is 63.3 Å². The Morgan fingerprint density at radius 2 is 1.78 bits per heavy atom. The molecule has 1 aliphatic rings. The molecule has 1 N–H and O–H groups in total. The minimum atomic E-state index is -0.0313. The quantitative estimate of drug-likeness (QED) is 0.315. The van der Waals surface area contributed by atoms with Crippen molar-refractivity contribution in [2.24, 2.45) is 0 Å². The van der Waals surface area contributed by atoms with Crippen LogP contribution in [-0.4, -0.2) is 33.6 Å². The van der Waals surface area contributed by atoms with E-state index in [1.807, 2.05) is 42.5 Å². The molecule has 1 aliphatic heterocycles. The third kappa shape index (κ3) is 4.74. The predicted molar refractivity (Wildman–Crippen MR) is 145 cm³/mol. The number of anilines is 1. The number of hydrogen-bond donors (Lipinski definition) is 1. The lowest BCUT2D eigenvalue weighted by Crippen LogP contribution is -2.39. The van der Waals surface area contributed by atoms with Gasteiger partial charge in [0.2, 0.25) is 0 Å². The summed E-state index contributed by atoms with van der Waals surface area (Å²) < 4.78 is 7.26. The smallest absolute Gasteiger partial charge is 0.253 e. The van der Waals surface area contributed by atoms with Gasteiger partial charge in [-0.15, -0.1) is 0 Å². The van der Waals surface area contributed by atoms with Crippen molar-refractivity contribution in [3.63, 3.8) is 0 Å². The Morgan fingerprint density at radius 3 is 2.61 bits per heavy atom. The van der Waals surface area contributed by atoms with E-state index >= 15 is 0 Å². The molecule has 0 aliphatic carbocycles. The molecule has 36 heavy (non-hydrogen) atoms. The number of benzene rings is 2. The van der Waals surface area contributed by atoms with Gasteiger partial charge in [0, 0.05) is 65.6 Å².